The van der Waals surface area contributed by atoms with Crippen molar-refractivity contribution in [2.75, 3.05) is 44.2 Å². The quantitative estimate of drug-likeness (QED) is 0.719. The molecule has 3 fully saturated rings. The molecule has 4 rings (SSSR count). The van der Waals surface area contributed by atoms with Gasteiger partial charge < -0.3 is 14.7 Å². The summed E-state index contributed by atoms with van der Waals surface area (Å²) in [6.45, 7) is 9.06. The summed E-state index contributed by atoms with van der Waals surface area (Å²) in [5.74, 6) is 0.509. The van der Waals surface area contributed by atoms with Crippen LogP contribution < -0.4 is 4.90 Å². The maximum absolute atomic E-state index is 13.2. The van der Waals surface area contributed by atoms with Crippen LogP contribution in [-0.2, 0) is 9.59 Å². The Morgan fingerprint density at radius 1 is 1.00 bits per heavy atom. The third-order valence-electron chi connectivity index (χ3n) is 7.50. The first-order valence-corrected chi connectivity index (χ1v) is 11.4. The summed E-state index contributed by atoms with van der Waals surface area (Å²) < 4.78 is 0. The molecule has 0 bridgehead atoms. The SMILES string of the molecule is C/C=C(\C)C(=O)N1CCC(C(=O)N2CCC3(CCN(c4ccncc4)CC3)C2)CC1. The van der Waals surface area contributed by atoms with Crippen molar-refractivity contribution in [1.29, 1.82) is 0 Å². The van der Waals surface area contributed by atoms with Gasteiger partial charge in [-0.15, -0.1) is 0 Å². The van der Waals surface area contributed by atoms with E-state index in [0.717, 1.165) is 63.9 Å². The Bertz CT molecular complexity index is 791. The molecule has 1 spiro atoms. The molecule has 2 amide bonds. The molecule has 3 aliphatic heterocycles. The van der Waals surface area contributed by atoms with Gasteiger partial charge in [-0.2, -0.15) is 0 Å². The minimum absolute atomic E-state index is 0.0759. The number of piperidine rings is 2. The van der Waals surface area contributed by atoms with Crippen LogP contribution in [0.4, 0.5) is 5.69 Å². The Morgan fingerprint density at radius 3 is 2.27 bits per heavy atom. The summed E-state index contributed by atoms with van der Waals surface area (Å²) in [6.07, 6.45) is 10.6. The number of hydrogen-bond acceptors (Lipinski definition) is 4. The summed E-state index contributed by atoms with van der Waals surface area (Å²) in [4.78, 5) is 36.1. The third kappa shape index (κ3) is 4.23. The van der Waals surface area contributed by atoms with Crippen LogP contribution in [-0.4, -0.2) is 65.9 Å². The van der Waals surface area contributed by atoms with Gasteiger partial charge in [0.05, 0.1) is 0 Å². The first-order chi connectivity index (χ1) is 14.5. The van der Waals surface area contributed by atoms with Gasteiger partial charge in [-0.1, -0.05) is 6.08 Å². The Kier molecular flexibility index (Phi) is 6.11. The van der Waals surface area contributed by atoms with Crippen molar-refractivity contribution >= 4 is 17.5 Å². The van der Waals surface area contributed by atoms with Crippen LogP contribution >= 0.6 is 0 Å². The number of likely N-dealkylation sites (tertiary alicyclic amines) is 2. The lowest BCUT2D eigenvalue weighted by atomic mass is 9.77. The number of amides is 2. The maximum Gasteiger partial charge on any atom is 0.249 e. The first kappa shape index (κ1) is 20.9. The van der Waals surface area contributed by atoms with E-state index >= 15 is 0 Å². The lowest BCUT2D eigenvalue weighted by Gasteiger charge is -2.40. The number of pyridine rings is 1. The zero-order valence-electron chi connectivity index (χ0n) is 18.3. The molecule has 3 saturated heterocycles. The number of carbonyl (C=O) groups excluding carboxylic acids is 2. The number of nitrogens with zero attached hydrogens (tertiary/aromatic N) is 4. The van der Waals surface area contributed by atoms with Crippen LogP contribution in [0.3, 0.4) is 0 Å². The summed E-state index contributed by atoms with van der Waals surface area (Å²) in [7, 11) is 0. The second kappa shape index (κ2) is 8.78. The minimum atomic E-state index is 0.0759. The molecule has 162 valence electrons. The van der Waals surface area contributed by atoms with Gasteiger partial charge in [-0.3, -0.25) is 14.6 Å². The second-order valence-electron chi connectivity index (χ2n) is 9.24. The smallest absolute Gasteiger partial charge is 0.249 e. The predicted octanol–water partition coefficient (Wildman–Crippen LogP) is 3.11. The average Bonchev–Trinajstić information content (AvgIpc) is 3.22. The predicted molar refractivity (Wildman–Crippen MR) is 118 cm³/mol. The van der Waals surface area contributed by atoms with Gasteiger partial charge in [0, 0.05) is 68.8 Å². The number of carbonyl (C=O) groups is 2. The van der Waals surface area contributed by atoms with E-state index in [0.29, 0.717) is 24.4 Å². The van der Waals surface area contributed by atoms with Gasteiger partial charge in [0.15, 0.2) is 0 Å². The first-order valence-electron chi connectivity index (χ1n) is 11.4. The number of allylic oxidation sites excluding steroid dienone is 1. The molecule has 4 heterocycles. The summed E-state index contributed by atoms with van der Waals surface area (Å²) in [6, 6.07) is 4.16. The average molecular weight is 411 g/mol. The molecule has 3 aliphatic rings. The highest BCUT2D eigenvalue weighted by Crippen LogP contribution is 2.42. The minimum Gasteiger partial charge on any atom is -0.371 e. The van der Waals surface area contributed by atoms with Crippen molar-refractivity contribution in [2.24, 2.45) is 11.3 Å². The van der Waals surface area contributed by atoms with Crippen molar-refractivity contribution in [3.8, 4) is 0 Å². The van der Waals surface area contributed by atoms with E-state index in [-0.39, 0.29) is 11.8 Å². The van der Waals surface area contributed by atoms with Crippen LogP contribution in [0.25, 0.3) is 0 Å². The summed E-state index contributed by atoms with van der Waals surface area (Å²) in [5, 5.41) is 0. The number of rotatable bonds is 3. The monoisotopic (exact) mass is 410 g/mol. The van der Waals surface area contributed by atoms with Gasteiger partial charge in [0.2, 0.25) is 11.8 Å². The molecule has 6 heteroatoms. The highest BCUT2D eigenvalue weighted by atomic mass is 16.2. The zero-order valence-corrected chi connectivity index (χ0v) is 18.3. The van der Waals surface area contributed by atoms with E-state index in [2.05, 4.69) is 26.9 Å². The largest absolute Gasteiger partial charge is 0.371 e. The van der Waals surface area contributed by atoms with Crippen LogP contribution in [0, 0.1) is 11.3 Å². The molecule has 0 aromatic carbocycles. The molecule has 0 saturated carbocycles. The van der Waals surface area contributed by atoms with E-state index in [4.69, 9.17) is 0 Å². The van der Waals surface area contributed by atoms with Crippen molar-refractivity contribution < 1.29 is 9.59 Å². The molecular weight excluding hydrogens is 376 g/mol. The Labute approximate surface area is 179 Å². The van der Waals surface area contributed by atoms with Crippen LogP contribution in [0.1, 0.15) is 46.0 Å². The van der Waals surface area contributed by atoms with Crippen LogP contribution in [0.5, 0.6) is 0 Å². The molecule has 30 heavy (non-hydrogen) atoms. The van der Waals surface area contributed by atoms with Crippen molar-refractivity contribution in [1.82, 2.24) is 14.8 Å². The fourth-order valence-corrected chi connectivity index (χ4v) is 5.29. The van der Waals surface area contributed by atoms with Crippen molar-refractivity contribution in [3.63, 3.8) is 0 Å². The maximum atomic E-state index is 13.2. The fraction of sp³-hybridized carbons (Fsp3) is 0.625. The lowest BCUT2D eigenvalue weighted by Crippen LogP contribution is -2.45. The molecule has 0 radical (unpaired) electrons. The Balaban J connectivity index is 1.28. The third-order valence-corrected chi connectivity index (χ3v) is 7.50. The fourth-order valence-electron chi connectivity index (χ4n) is 5.29. The molecule has 0 aliphatic carbocycles. The van der Waals surface area contributed by atoms with Gasteiger partial charge >= 0.3 is 0 Å². The van der Waals surface area contributed by atoms with Crippen molar-refractivity contribution in [2.45, 2.75) is 46.0 Å². The highest BCUT2D eigenvalue weighted by Gasteiger charge is 2.43. The zero-order chi connectivity index (χ0) is 21.1. The summed E-state index contributed by atoms with van der Waals surface area (Å²) in [5.41, 5.74) is 2.33. The lowest BCUT2D eigenvalue weighted by molar-refractivity contribution is -0.139. The van der Waals surface area contributed by atoms with E-state index in [1.54, 1.807) is 0 Å². The summed E-state index contributed by atoms with van der Waals surface area (Å²) >= 11 is 0. The number of anilines is 1. The number of aromatic nitrogens is 1. The van der Waals surface area contributed by atoms with E-state index in [1.165, 1.54) is 5.69 Å². The van der Waals surface area contributed by atoms with E-state index in [1.807, 2.05) is 37.2 Å². The van der Waals surface area contributed by atoms with E-state index in [9.17, 15) is 9.59 Å². The Hall–Kier alpha value is -2.37. The molecular formula is C24H34N4O2. The molecule has 1 aromatic rings. The molecule has 0 unspecified atom stereocenters. The molecule has 0 atom stereocenters. The Morgan fingerprint density at radius 2 is 1.63 bits per heavy atom. The number of hydrogen-bond donors (Lipinski definition) is 0. The molecule has 1 aromatic heterocycles. The normalized spacial score (nSPS) is 22.6. The molecule has 6 nitrogen and oxygen atoms in total. The van der Waals surface area contributed by atoms with Gasteiger partial charge in [0.1, 0.15) is 0 Å². The molecule has 0 N–H and O–H groups in total. The highest BCUT2D eigenvalue weighted by molar-refractivity contribution is 5.93. The van der Waals surface area contributed by atoms with Gasteiger partial charge in [-0.05, 0) is 63.5 Å². The van der Waals surface area contributed by atoms with Gasteiger partial charge in [-0.25, -0.2) is 0 Å². The van der Waals surface area contributed by atoms with Gasteiger partial charge in [0.25, 0.3) is 0 Å². The van der Waals surface area contributed by atoms with Crippen molar-refractivity contribution in [3.05, 3.63) is 36.2 Å². The van der Waals surface area contributed by atoms with Crippen LogP contribution in [0.2, 0.25) is 0 Å². The second-order valence-corrected chi connectivity index (χ2v) is 9.24. The van der Waals surface area contributed by atoms with E-state index < -0.39 is 0 Å². The standard InChI is InChI=1S/C24H34N4O2/c1-3-19(2)22(29)27-13-6-20(7-14-27)23(30)28-17-10-24(18-28)8-15-26(16-9-24)21-4-11-25-12-5-21/h3-5,11-12,20H,6-10,13-18H2,1-2H3/b19-3+. The topological polar surface area (TPSA) is 56.8 Å². The van der Waals surface area contributed by atoms with Crippen LogP contribution in [0.15, 0.2) is 36.2 Å².